The molecule has 0 radical (unpaired) electrons. The summed E-state index contributed by atoms with van der Waals surface area (Å²) in [5.74, 6) is -0.206. The second kappa shape index (κ2) is 4.97. The zero-order valence-corrected chi connectivity index (χ0v) is 13.7. The van der Waals surface area contributed by atoms with Crippen molar-refractivity contribution in [3.63, 3.8) is 0 Å². The van der Waals surface area contributed by atoms with Crippen LogP contribution in [0, 0.1) is 23.7 Å². The number of carbonyl (C=O) groups is 1. The molecule has 2 N–H and O–H groups in total. The van der Waals surface area contributed by atoms with Gasteiger partial charge in [-0.05, 0) is 49.9 Å². The molecule has 2 unspecified atom stereocenters. The van der Waals surface area contributed by atoms with Crippen LogP contribution in [-0.2, 0) is 10.3 Å². The van der Waals surface area contributed by atoms with Crippen molar-refractivity contribution >= 4 is 23.3 Å². The predicted molar refractivity (Wildman–Crippen MR) is 85.7 cm³/mol. The molecule has 4 bridgehead atoms. The van der Waals surface area contributed by atoms with Crippen LogP contribution < -0.4 is 10.9 Å². The first-order chi connectivity index (χ1) is 11.0. The van der Waals surface area contributed by atoms with Gasteiger partial charge in [0.2, 0.25) is 0 Å². The number of hydrogen-bond acceptors (Lipinski definition) is 4. The molecule has 4 fully saturated rings. The number of rotatable bonds is 3. The van der Waals surface area contributed by atoms with Crippen molar-refractivity contribution in [2.75, 3.05) is 12.4 Å². The maximum atomic E-state index is 12.8. The summed E-state index contributed by atoms with van der Waals surface area (Å²) in [4.78, 5) is 24.8. The molecule has 5 rings (SSSR count). The number of halogens is 1. The van der Waals surface area contributed by atoms with E-state index in [0.717, 1.165) is 32.1 Å². The normalized spacial score (nSPS) is 37.8. The Bertz CT molecular complexity index is 718. The van der Waals surface area contributed by atoms with Crippen LogP contribution in [0.2, 0.25) is 5.02 Å². The summed E-state index contributed by atoms with van der Waals surface area (Å²) in [5, 5.41) is 17.1. The monoisotopic (exact) mass is 337 g/mol. The first-order valence-electron chi connectivity index (χ1n) is 8.15. The molecule has 4 saturated carbocycles. The number of carboxylic acids is 1. The number of aliphatic carboxylic acids is 1. The van der Waals surface area contributed by atoms with Crippen LogP contribution in [0.3, 0.4) is 0 Å². The van der Waals surface area contributed by atoms with Gasteiger partial charge in [-0.2, -0.15) is 5.10 Å². The van der Waals surface area contributed by atoms with Gasteiger partial charge in [-0.25, -0.2) is 4.68 Å². The third-order valence-corrected chi connectivity index (χ3v) is 6.51. The summed E-state index contributed by atoms with van der Waals surface area (Å²) in [6.07, 6.45) is 6.06. The lowest BCUT2D eigenvalue weighted by Crippen LogP contribution is -2.63. The van der Waals surface area contributed by atoms with Gasteiger partial charge in [0.15, 0.2) is 0 Å². The van der Waals surface area contributed by atoms with Crippen LogP contribution in [-0.4, -0.2) is 27.9 Å². The Balaban J connectivity index is 1.90. The lowest BCUT2D eigenvalue weighted by molar-refractivity contribution is -0.168. The fraction of sp³-hybridized carbons (Fsp3) is 0.688. The molecule has 4 aliphatic rings. The van der Waals surface area contributed by atoms with Crippen molar-refractivity contribution < 1.29 is 9.90 Å². The maximum Gasteiger partial charge on any atom is 0.309 e. The van der Waals surface area contributed by atoms with Crippen LogP contribution >= 0.6 is 11.6 Å². The van der Waals surface area contributed by atoms with Crippen molar-refractivity contribution in [3.8, 4) is 0 Å². The molecule has 5 atom stereocenters. The lowest BCUT2D eigenvalue weighted by atomic mass is 9.48. The molecule has 1 heterocycles. The third kappa shape index (κ3) is 1.97. The molecule has 0 aromatic carbocycles. The van der Waals surface area contributed by atoms with E-state index in [1.54, 1.807) is 7.05 Å². The van der Waals surface area contributed by atoms with Crippen LogP contribution in [0.15, 0.2) is 11.0 Å². The third-order valence-electron chi connectivity index (χ3n) is 6.15. The molecule has 1 aromatic heterocycles. The molecule has 23 heavy (non-hydrogen) atoms. The SMILES string of the molecule is CNc1cnn(C23C[C@@H]4CC(C[C@@H](C4)C2)[C@H]3C(=O)O)c(=O)c1Cl. The topological polar surface area (TPSA) is 84.2 Å². The van der Waals surface area contributed by atoms with E-state index < -0.39 is 17.4 Å². The Labute approximate surface area is 138 Å². The van der Waals surface area contributed by atoms with E-state index in [4.69, 9.17) is 11.6 Å². The smallest absolute Gasteiger partial charge is 0.309 e. The quantitative estimate of drug-likeness (QED) is 0.883. The highest BCUT2D eigenvalue weighted by atomic mass is 35.5. The Kier molecular flexibility index (Phi) is 3.24. The Morgan fingerprint density at radius 1 is 1.39 bits per heavy atom. The van der Waals surface area contributed by atoms with E-state index in [1.807, 2.05) is 0 Å². The van der Waals surface area contributed by atoms with Crippen LogP contribution in [0.25, 0.3) is 0 Å². The largest absolute Gasteiger partial charge is 0.481 e. The van der Waals surface area contributed by atoms with E-state index >= 15 is 0 Å². The van der Waals surface area contributed by atoms with Gasteiger partial charge in [0, 0.05) is 7.05 Å². The van der Waals surface area contributed by atoms with E-state index in [0.29, 0.717) is 17.5 Å². The van der Waals surface area contributed by atoms with Crippen molar-refractivity contribution in [2.24, 2.45) is 23.7 Å². The number of nitrogens with one attached hydrogen (secondary N) is 1. The van der Waals surface area contributed by atoms with Gasteiger partial charge < -0.3 is 10.4 Å². The second-order valence-corrected chi connectivity index (χ2v) is 7.74. The Morgan fingerprint density at radius 3 is 2.61 bits per heavy atom. The number of hydrogen-bond donors (Lipinski definition) is 2. The van der Waals surface area contributed by atoms with Crippen LogP contribution in [0.5, 0.6) is 0 Å². The average molecular weight is 338 g/mol. The second-order valence-electron chi connectivity index (χ2n) is 7.37. The molecule has 4 aliphatic carbocycles. The van der Waals surface area contributed by atoms with Crippen molar-refractivity contribution in [3.05, 3.63) is 21.6 Å². The summed E-state index contributed by atoms with van der Waals surface area (Å²) in [7, 11) is 1.68. The van der Waals surface area contributed by atoms with Gasteiger partial charge in [-0.3, -0.25) is 9.59 Å². The van der Waals surface area contributed by atoms with Gasteiger partial charge in [0.1, 0.15) is 5.02 Å². The summed E-state index contributed by atoms with van der Waals surface area (Å²) < 4.78 is 1.40. The minimum Gasteiger partial charge on any atom is -0.481 e. The lowest BCUT2D eigenvalue weighted by Gasteiger charge is -2.59. The van der Waals surface area contributed by atoms with Crippen molar-refractivity contribution in [2.45, 2.75) is 37.6 Å². The summed E-state index contributed by atoms with van der Waals surface area (Å²) in [5.41, 5.74) is -0.621. The molecule has 0 saturated heterocycles. The Hall–Kier alpha value is -1.56. The van der Waals surface area contributed by atoms with Gasteiger partial charge in [0.25, 0.3) is 5.56 Å². The van der Waals surface area contributed by atoms with E-state index in [-0.39, 0.29) is 16.5 Å². The van der Waals surface area contributed by atoms with E-state index in [1.165, 1.54) is 10.9 Å². The van der Waals surface area contributed by atoms with Gasteiger partial charge in [-0.1, -0.05) is 11.6 Å². The van der Waals surface area contributed by atoms with E-state index in [2.05, 4.69) is 10.4 Å². The van der Waals surface area contributed by atoms with Crippen molar-refractivity contribution in [1.29, 1.82) is 0 Å². The minimum atomic E-state index is -0.809. The molecule has 0 amide bonds. The molecular formula is C16H20ClN3O3. The zero-order chi connectivity index (χ0) is 16.4. The number of aromatic nitrogens is 2. The fourth-order valence-corrected chi connectivity index (χ4v) is 5.88. The minimum absolute atomic E-state index is 0.0855. The molecular weight excluding hydrogens is 318 g/mol. The first-order valence-corrected chi connectivity index (χ1v) is 8.53. The molecule has 0 aliphatic heterocycles. The number of anilines is 1. The van der Waals surface area contributed by atoms with Crippen LogP contribution in [0.1, 0.15) is 32.1 Å². The Morgan fingerprint density at radius 2 is 2.04 bits per heavy atom. The standard InChI is InChI=1S/C16H20ClN3O3/c1-18-11-7-19-20(14(21)13(11)17)16-5-8-2-9(6-16)4-10(3-8)12(16)15(22)23/h7-10,12,18H,2-6H2,1H3,(H,22,23)/t8-,9+,10?,12-,16?/m0/s1. The van der Waals surface area contributed by atoms with Crippen LogP contribution in [0.4, 0.5) is 5.69 Å². The van der Waals surface area contributed by atoms with Gasteiger partial charge in [-0.15, -0.1) is 0 Å². The summed E-state index contributed by atoms with van der Waals surface area (Å²) >= 11 is 6.18. The molecule has 124 valence electrons. The zero-order valence-electron chi connectivity index (χ0n) is 13.0. The molecule has 0 spiro atoms. The van der Waals surface area contributed by atoms with Gasteiger partial charge in [0.05, 0.1) is 23.3 Å². The fourth-order valence-electron chi connectivity index (χ4n) is 5.66. The summed E-state index contributed by atoms with van der Waals surface area (Å²) in [6, 6.07) is 0. The van der Waals surface area contributed by atoms with E-state index in [9.17, 15) is 14.7 Å². The first kappa shape index (κ1) is 15.0. The number of nitrogens with zero attached hydrogens (tertiary/aromatic N) is 2. The molecule has 6 nitrogen and oxygen atoms in total. The summed E-state index contributed by atoms with van der Waals surface area (Å²) in [6.45, 7) is 0. The number of carboxylic acid groups (broad SMARTS) is 1. The highest BCUT2D eigenvalue weighted by Crippen LogP contribution is 2.61. The average Bonchev–Trinajstić information content (AvgIpc) is 2.48. The molecule has 7 heteroatoms. The van der Waals surface area contributed by atoms with Crippen molar-refractivity contribution in [1.82, 2.24) is 9.78 Å². The maximum absolute atomic E-state index is 12.8. The molecule has 1 aromatic rings. The highest BCUT2D eigenvalue weighted by molar-refractivity contribution is 6.32. The highest BCUT2D eigenvalue weighted by Gasteiger charge is 2.61. The van der Waals surface area contributed by atoms with Gasteiger partial charge >= 0.3 is 5.97 Å². The predicted octanol–water partition coefficient (Wildman–Crippen LogP) is 2.17.